The summed E-state index contributed by atoms with van der Waals surface area (Å²) >= 11 is 1.41. The number of carbonyl (C=O) groups is 2. The number of thiophene rings is 1. The molecule has 1 aromatic heterocycles. The fraction of sp³-hybridized carbons (Fsp3) is 0.273. The van der Waals surface area contributed by atoms with Crippen LogP contribution in [0.1, 0.15) is 29.3 Å². The molecule has 4 heteroatoms. The van der Waals surface area contributed by atoms with E-state index in [0.717, 1.165) is 6.29 Å². The zero-order valence-corrected chi connectivity index (χ0v) is 9.10. The topological polar surface area (TPSA) is 43.4 Å². The number of rotatable bonds is 3. The molecule has 0 atom stereocenters. The molecule has 0 aliphatic heterocycles. The average molecular weight is 222 g/mol. The molecule has 0 aliphatic rings. The van der Waals surface area contributed by atoms with Crippen molar-refractivity contribution in [1.29, 1.82) is 0 Å². The van der Waals surface area contributed by atoms with E-state index in [9.17, 15) is 9.59 Å². The van der Waals surface area contributed by atoms with Crippen LogP contribution in [0.4, 0.5) is 0 Å². The maximum absolute atomic E-state index is 10.9. The van der Waals surface area contributed by atoms with Crippen molar-refractivity contribution in [1.82, 2.24) is 0 Å². The Bertz CT molecular complexity index is 409. The second-order valence-corrected chi connectivity index (χ2v) is 3.39. The first-order chi connectivity index (χ1) is 7.27. The Morgan fingerprint density at radius 1 is 1.60 bits per heavy atom. The van der Waals surface area contributed by atoms with Crippen molar-refractivity contribution in [3.63, 3.8) is 0 Å². The largest absolute Gasteiger partial charge is 0.465 e. The van der Waals surface area contributed by atoms with Crippen LogP contribution in [0.3, 0.4) is 0 Å². The maximum Gasteiger partial charge on any atom is 0.317 e. The molecule has 0 unspecified atom stereocenters. The molecule has 0 radical (unpaired) electrons. The first kappa shape index (κ1) is 11.5. The summed E-state index contributed by atoms with van der Waals surface area (Å²) in [5.74, 6) is 5.09. The van der Waals surface area contributed by atoms with E-state index in [-0.39, 0.29) is 12.4 Å². The predicted octanol–water partition coefficient (Wildman–Crippen LogP) is 1.87. The van der Waals surface area contributed by atoms with Gasteiger partial charge in [-0.1, -0.05) is 11.8 Å². The molecule has 1 aromatic rings. The van der Waals surface area contributed by atoms with E-state index in [1.54, 1.807) is 17.7 Å². The third kappa shape index (κ3) is 3.56. The van der Waals surface area contributed by atoms with Gasteiger partial charge in [-0.25, -0.2) is 0 Å². The van der Waals surface area contributed by atoms with Gasteiger partial charge in [0, 0.05) is 21.9 Å². The zero-order valence-electron chi connectivity index (χ0n) is 8.28. The normalized spacial score (nSPS) is 8.87. The Kier molecular flexibility index (Phi) is 4.58. The summed E-state index contributed by atoms with van der Waals surface area (Å²) in [7, 11) is 0. The number of hydrogen-bond acceptors (Lipinski definition) is 4. The highest BCUT2D eigenvalue weighted by molar-refractivity contribution is 7.08. The smallest absolute Gasteiger partial charge is 0.317 e. The van der Waals surface area contributed by atoms with E-state index >= 15 is 0 Å². The second kappa shape index (κ2) is 5.99. The Balaban J connectivity index is 2.58. The Labute approximate surface area is 92.1 Å². The summed E-state index contributed by atoms with van der Waals surface area (Å²) in [5.41, 5.74) is 1.23. The highest BCUT2D eigenvalue weighted by Crippen LogP contribution is 2.11. The van der Waals surface area contributed by atoms with Crippen LogP contribution >= 0.6 is 11.3 Å². The van der Waals surface area contributed by atoms with Crippen LogP contribution in [0, 0.1) is 11.8 Å². The van der Waals surface area contributed by atoms with Crippen molar-refractivity contribution in [2.45, 2.75) is 13.3 Å². The number of hydrogen-bond donors (Lipinski definition) is 0. The molecule has 0 N–H and O–H groups in total. The highest BCUT2D eigenvalue weighted by atomic mass is 32.1. The fourth-order valence-electron chi connectivity index (χ4n) is 0.923. The van der Waals surface area contributed by atoms with Crippen LogP contribution < -0.4 is 0 Å². The number of aldehydes is 1. The monoisotopic (exact) mass is 222 g/mol. The number of carbonyl (C=O) groups excluding carboxylic acids is 2. The SMILES string of the molecule is CCOC(=O)CC#Cc1cscc1C=O. The van der Waals surface area contributed by atoms with Gasteiger partial charge in [-0.15, -0.1) is 0 Å². The molecule has 0 aromatic carbocycles. The van der Waals surface area contributed by atoms with Crippen molar-refractivity contribution in [2.24, 2.45) is 0 Å². The zero-order chi connectivity index (χ0) is 11.1. The molecule has 1 rings (SSSR count). The lowest BCUT2D eigenvalue weighted by molar-refractivity contribution is -0.141. The summed E-state index contributed by atoms with van der Waals surface area (Å²) in [6, 6.07) is 0. The van der Waals surface area contributed by atoms with Gasteiger partial charge in [0.25, 0.3) is 0 Å². The van der Waals surface area contributed by atoms with Gasteiger partial charge in [0.2, 0.25) is 0 Å². The quantitative estimate of drug-likeness (QED) is 0.445. The predicted molar refractivity (Wildman–Crippen MR) is 57.8 cm³/mol. The Hall–Kier alpha value is -1.60. The van der Waals surface area contributed by atoms with E-state index in [1.165, 1.54) is 11.3 Å². The molecule has 0 bridgehead atoms. The third-order valence-electron chi connectivity index (χ3n) is 1.58. The van der Waals surface area contributed by atoms with Crippen LogP contribution in [-0.4, -0.2) is 18.9 Å². The van der Waals surface area contributed by atoms with Gasteiger partial charge in [-0.3, -0.25) is 9.59 Å². The van der Waals surface area contributed by atoms with Crippen molar-refractivity contribution < 1.29 is 14.3 Å². The number of esters is 1. The lowest BCUT2D eigenvalue weighted by atomic mass is 10.2. The molecule has 78 valence electrons. The van der Waals surface area contributed by atoms with Gasteiger partial charge >= 0.3 is 5.97 Å². The summed E-state index contributed by atoms with van der Waals surface area (Å²) < 4.78 is 4.71. The molecule has 0 fully saturated rings. The Morgan fingerprint density at radius 2 is 2.40 bits per heavy atom. The highest BCUT2D eigenvalue weighted by Gasteiger charge is 1.99. The van der Waals surface area contributed by atoms with Gasteiger partial charge in [-0.2, -0.15) is 11.3 Å². The number of ether oxygens (including phenoxy) is 1. The van der Waals surface area contributed by atoms with E-state index in [0.29, 0.717) is 17.7 Å². The molecule has 0 amide bonds. The van der Waals surface area contributed by atoms with Crippen LogP contribution in [0.2, 0.25) is 0 Å². The van der Waals surface area contributed by atoms with Crippen molar-refractivity contribution in [3.05, 3.63) is 21.9 Å². The van der Waals surface area contributed by atoms with Gasteiger partial charge in [-0.05, 0) is 6.92 Å². The maximum atomic E-state index is 10.9. The summed E-state index contributed by atoms with van der Waals surface area (Å²) in [6.07, 6.45) is 0.812. The minimum Gasteiger partial charge on any atom is -0.465 e. The third-order valence-corrected chi connectivity index (χ3v) is 2.34. The van der Waals surface area contributed by atoms with E-state index in [2.05, 4.69) is 11.8 Å². The molecule has 0 saturated heterocycles. The molecule has 3 nitrogen and oxygen atoms in total. The first-order valence-electron chi connectivity index (χ1n) is 4.43. The lowest BCUT2D eigenvalue weighted by Gasteiger charge is -1.94. The Morgan fingerprint density at radius 3 is 3.07 bits per heavy atom. The molecule has 0 spiro atoms. The first-order valence-corrected chi connectivity index (χ1v) is 5.38. The van der Waals surface area contributed by atoms with Crippen molar-refractivity contribution in [2.75, 3.05) is 6.61 Å². The lowest BCUT2D eigenvalue weighted by Crippen LogP contribution is -2.01. The molecule has 1 heterocycles. The average Bonchev–Trinajstić information content (AvgIpc) is 2.66. The summed E-state index contributed by atoms with van der Waals surface area (Å²) in [4.78, 5) is 21.5. The molecular weight excluding hydrogens is 212 g/mol. The van der Waals surface area contributed by atoms with Crippen LogP contribution in [-0.2, 0) is 9.53 Å². The minimum atomic E-state index is -0.340. The van der Waals surface area contributed by atoms with Gasteiger partial charge in [0.1, 0.15) is 6.42 Å². The summed E-state index contributed by atoms with van der Waals surface area (Å²) in [5, 5.41) is 3.50. The minimum absolute atomic E-state index is 0.0575. The second-order valence-electron chi connectivity index (χ2n) is 2.64. The van der Waals surface area contributed by atoms with Crippen molar-refractivity contribution in [3.8, 4) is 11.8 Å². The van der Waals surface area contributed by atoms with Gasteiger partial charge < -0.3 is 4.74 Å². The van der Waals surface area contributed by atoms with Crippen LogP contribution in [0.25, 0.3) is 0 Å². The van der Waals surface area contributed by atoms with Gasteiger partial charge in [0.15, 0.2) is 6.29 Å². The molecular formula is C11H10O3S. The van der Waals surface area contributed by atoms with E-state index in [1.807, 2.05) is 0 Å². The molecule has 0 aliphatic carbocycles. The molecule has 15 heavy (non-hydrogen) atoms. The fourth-order valence-corrected chi connectivity index (χ4v) is 1.65. The van der Waals surface area contributed by atoms with Gasteiger partial charge in [0.05, 0.1) is 6.61 Å². The van der Waals surface area contributed by atoms with Crippen molar-refractivity contribution >= 4 is 23.6 Å². The van der Waals surface area contributed by atoms with Crippen LogP contribution in [0.5, 0.6) is 0 Å². The summed E-state index contributed by atoms with van der Waals surface area (Å²) in [6.45, 7) is 2.10. The van der Waals surface area contributed by atoms with Crippen LogP contribution in [0.15, 0.2) is 10.8 Å². The van der Waals surface area contributed by atoms with E-state index in [4.69, 9.17) is 4.74 Å². The molecule has 0 saturated carbocycles. The standard InChI is InChI=1S/C11H10O3S/c1-2-14-11(13)5-3-4-9-7-15-8-10(9)6-12/h6-8H,2,5H2,1H3. The van der Waals surface area contributed by atoms with E-state index < -0.39 is 0 Å².